The molecule has 1 aliphatic rings. The molecule has 114 valence electrons. The number of nitrogens with one attached hydrogen (secondary N) is 1. The molecule has 1 aromatic rings. The summed E-state index contributed by atoms with van der Waals surface area (Å²) in [6, 6.07) is 7.60. The largest absolute Gasteiger partial charge is 0.481 e. The minimum atomic E-state index is -0.766. The van der Waals surface area contributed by atoms with Crippen molar-refractivity contribution in [2.75, 3.05) is 11.4 Å². The molecular formula is C16H22N2O3. The summed E-state index contributed by atoms with van der Waals surface area (Å²) in [5.74, 6) is -1.10. The Bertz CT molecular complexity index is 530. The fourth-order valence-corrected chi connectivity index (χ4v) is 2.83. The van der Waals surface area contributed by atoms with Crippen LogP contribution in [0, 0.1) is 12.8 Å². The summed E-state index contributed by atoms with van der Waals surface area (Å²) in [7, 11) is 0. The van der Waals surface area contributed by atoms with Gasteiger partial charge in [-0.2, -0.15) is 0 Å². The predicted molar refractivity (Wildman–Crippen MR) is 81.5 cm³/mol. The van der Waals surface area contributed by atoms with Gasteiger partial charge in [-0.1, -0.05) is 12.1 Å². The zero-order chi connectivity index (χ0) is 15.4. The Balaban J connectivity index is 2.00. The van der Waals surface area contributed by atoms with Gasteiger partial charge in [0, 0.05) is 18.3 Å². The van der Waals surface area contributed by atoms with Gasteiger partial charge >= 0.3 is 12.0 Å². The Morgan fingerprint density at radius 1 is 1.38 bits per heavy atom. The van der Waals surface area contributed by atoms with Crippen molar-refractivity contribution in [3.8, 4) is 0 Å². The second-order valence-electron chi connectivity index (χ2n) is 5.58. The summed E-state index contributed by atoms with van der Waals surface area (Å²) < 4.78 is 0. The van der Waals surface area contributed by atoms with Crippen LogP contribution in [-0.2, 0) is 4.79 Å². The average molecular weight is 290 g/mol. The zero-order valence-corrected chi connectivity index (χ0v) is 12.5. The first-order valence-electron chi connectivity index (χ1n) is 7.38. The van der Waals surface area contributed by atoms with E-state index < -0.39 is 5.97 Å². The van der Waals surface area contributed by atoms with E-state index in [1.807, 2.05) is 38.1 Å². The molecule has 21 heavy (non-hydrogen) atoms. The van der Waals surface area contributed by atoms with E-state index in [0.717, 1.165) is 17.7 Å². The monoisotopic (exact) mass is 290 g/mol. The lowest BCUT2D eigenvalue weighted by Gasteiger charge is -2.24. The van der Waals surface area contributed by atoms with Gasteiger partial charge in [0.1, 0.15) is 0 Å². The van der Waals surface area contributed by atoms with Crippen molar-refractivity contribution < 1.29 is 14.7 Å². The lowest BCUT2D eigenvalue weighted by atomic mass is 10.1. The molecule has 5 heteroatoms. The topological polar surface area (TPSA) is 69.6 Å². The highest BCUT2D eigenvalue weighted by Gasteiger charge is 2.31. The second-order valence-corrected chi connectivity index (χ2v) is 5.58. The van der Waals surface area contributed by atoms with Crippen LogP contribution in [0.4, 0.5) is 10.5 Å². The molecule has 0 aromatic heterocycles. The summed E-state index contributed by atoms with van der Waals surface area (Å²) in [5, 5.41) is 12.0. The lowest BCUT2D eigenvalue weighted by Crippen LogP contribution is -2.44. The van der Waals surface area contributed by atoms with Crippen LogP contribution in [0.15, 0.2) is 24.3 Å². The maximum absolute atomic E-state index is 12.4. The number of carboxylic acid groups (broad SMARTS) is 1. The fourth-order valence-electron chi connectivity index (χ4n) is 2.83. The number of aliphatic carboxylic acids is 1. The van der Waals surface area contributed by atoms with E-state index in [0.29, 0.717) is 19.4 Å². The number of benzene rings is 1. The van der Waals surface area contributed by atoms with Gasteiger partial charge in [0.2, 0.25) is 0 Å². The van der Waals surface area contributed by atoms with Gasteiger partial charge in [-0.25, -0.2) is 4.79 Å². The highest BCUT2D eigenvalue weighted by Crippen LogP contribution is 2.26. The smallest absolute Gasteiger partial charge is 0.322 e. The van der Waals surface area contributed by atoms with Gasteiger partial charge < -0.3 is 10.4 Å². The van der Waals surface area contributed by atoms with Crippen molar-refractivity contribution in [3.63, 3.8) is 0 Å². The van der Waals surface area contributed by atoms with Crippen molar-refractivity contribution in [3.05, 3.63) is 29.8 Å². The third-order valence-electron chi connectivity index (χ3n) is 3.98. The fraction of sp³-hybridized carbons (Fsp3) is 0.500. The van der Waals surface area contributed by atoms with Crippen LogP contribution in [-0.4, -0.2) is 29.7 Å². The van der Waals surface area contributed by atoms with E-state index in [1.54, 1.807) is 4.90 Å². The number of urea groups is 1. The molecule has 0 unspecified atom stereocenters. The number of nitrogens with zero attached hydrogens (tertiary/aromatic N) is 1. The third-order valence-corrected chi connectivity index (χ3v) is 3.98. The van der Waals surface area contributed by atoms with Gasteiger partial charge in [-0.05, 0) is 50.8 Å². The zero-order valence-electron chi connectivity index (χ0n) is 12.5. The van der Waals surface area contributed by atoms with Crippen LogP contribution in [0.2, 0.25) is 0 Å². The molecule has 1 aromatic carbocycles. The molecule has 0 bridgehead atoms. The molecule has 0 radical (unpaired) electrons. The quantitative estimate of drug-likeness (QED) is 0.896. The predicted octanol–water partition coefficient (Wildman–Crippen LogP) is 2.78. The van der Waals surface area contributed by atoms with Gasteiger partial charge in [-0.15, -0.1) is 0 Å². The molecule has 1 aliphatic carbocycles. The number of aryl methyl sites for hydroxylation is 1. The lowest BCUT2D eigenvalue weighted by molar-refractivity contribution is -0.141. The van der Waals surface area contributed by atoms with Crippen molar-refractivity contribution in [2.24, 2.45) is 5.92 Å². The molecule has 0 aliphatic heterocycles. The number of amides is 2. The third kappa shape index (κ3) is 3.74. The average Bonchev–Trinajstić information content (AvgIpc) is 2.88. The van der Waals surface area contributed by atoms with Crippen LogP contribution in [0.3, 0.4) is 0 Å². The van der Waals surface area contributed by atoms with Gasteiger partial charge in [0.05, 0.1) is 5.92 Å². The maximum Gasteiger partial charge on any atom is 0.322 e. The molecule has 5 nitrogen and oxygen atoms in total. The first-order valence-corrected chi connectivity index (χ1v) is 7.38. The molecule has 2 atom stereocenters. The Hall–Kier alpha value is -2.04. The van der Waals surface area contributed by atoms with Crippen LogP contribution < -0.4 is 10.2 Å². The molecule has 1 fully saturated rings. The van der Waals surface area contributed by atoms with E-state index in [1.165, 1.54) is 0 Å². The highest BCUT2D eigenvalue weighted by molar-refractivity contribution is 5.92. The van der Waals surface area contributed by atoms with Gasteiger partial charge in [-0.3, -0.25) is 9.69 Å². The first-order chi connectivity index (χ1) is 10.0. The Kier molecular flexibility index (Phi) is 4.83. The number of anilines is 1. The summed E-state index contributed by atoms with van der Waals surface area (Å²) >= 11 is 0. The summed E-state index contributed by atoms with van der Waals surface area (Å²) in [4.78, 5) is 25.0. The van der Waals surface area contributed by atoms with Crippen molar-refractivity contribution in [2.45, 2.75) is 39.2 Å². The summed E-state index contributed by atoms with van der Waals surface area (Å²) in [6.45, 7) is 4.49. The number of hydrogen-bond acceptors (Lipinski definition) is 2. The van der Waals surface area contributed by atoms with Crippen molar-refractivity contribution >= 4 is 17.7 Å². The van der Waals surface area contributed by atoms with E-state index >= 15 is 0 Å². The SMILES string of the molecule is CCN(C(=O)N[C@H]1CC[C@@H](C(=O)O)C1)c1cccc(C)c1. The second kappa shape index (κ2) is 6.61. The van der Waals surface area contributed by atoms with Crippen molar-refractivity contribution in [1.29, 1.82) is 0 Å². The van der Waals surface area contributed by atoms with E-state index in [2.05, 4.69) is 5.32 Å². The van der Waals surface area contributed by atoms with Crippen LogP contribution in [0.1, 0.15) is 31.7 Å². The number of hydrogen-bond donors (Lipinski definition) is 2. The molecule has 0 saturated heterocycles. The molecule has 1 saturated carbocycles. The standard InChI is InChI=1S/C16H22N2O3/c1-3-18(14-6-4-5-11(2)9-14)16(21)17-13-8-7-12(10-13)15(19)20/h4-6,9,12-13H,3,7-8,10H2,1-2H3,(H,17,21)(H,19,20)/t12-,13+/m1/s1. The Morgan fingerprint density at radius 2 is 2.14 bits per heavy atom. The Labute approximate surface area is 125 Å². The van der Waals surface area contributed by atoms with Crippen molar-refractivity contribution in [1.82, 2.24) is 5.32 Å². The van der Waals surface area contributed by atoms with Crippen LogP contribution >= 0.6 is 0 Å². The summed E-state index contributed by atoms with van der Waals surface area (Å²) in [6.07, 6.45) is 1.89. The number of carboxylic acids is 1. The number of rotatable bonds is 4. The number of carbonyl (C=O) groups excluding carboxylic acids is 1. The van der Waals surface area contributed by atoms with E-state index in [-0.39, 0.29) is 18.0 Å². The van der Waals surface area contributed by atoms with E-state index in [4.69, 9.17) is 5.11 Å². The Morgan fingerprint density at radius 3 is 2.71 bits per heavy atom. The van der Waals surface area contributed by atoms with E-state index in [9.17, 15) is 9.59 Å². The van der Waals surface area contributed by atoms with Crippen LogP contribution in [0.5, 0.6) is 0 Å². The summed E-state index contributed by atoms with van der Waals surface area (Å²) in [5.41, 5.74) is 1.97. The molecule has 2 N–H and O–H groups in total. The first kappa shape index (κ1) is 15.4. The van der Waals surface area contributed by atoms with Crippen LogP contribution in [0.25, 0.3) is 0 Å². The molecule has 0 spiro atoms. The molecule has 2 rings (SSSR count). The van der Waals surface area contributed by atoms with Gasteiger partial charge in [0.25, 0.3) is 0 Å². The molecular weight excluding hydrogens is 268 g/mol. The number of carbonyl (C=O) groups is 2. The normalized spacial score (nSPS) is 21.0. The molecule has 0 heterocycles. The maximum atomic E-state index is 12.4. The minimum Gasteiger partial charge on any atom is -0.481 e. The van der Waals surface area contributed by atoms with Gasteiger partial charge in [0.15, 0.2) is 0 Å². The highest BCUT2D eigenvalue weighted by atomic mass is 16.4. The minimum absolute atomic E-state index is 0.0440. The molecule has 2 amide bonds.